The molecule has 0 amide bonds. The maximum atomic E-state index is 8.61. The van der Waals surface area contributed by atoms with Crippen molar-refractivity contribution >= 4 is 11.6 Å². The quantitative estimate of drug-likeness (QED) is 0.463. The lowest BCUT2D eigenvalue weighted by Crippen LogP contribution is -1.96. The highest BCUT2D eigenvalue weighted by molar-refractivity contribution is 6.17. The number of aliphatic hydroxyl groups is 1. The molecule has 1 N–H and O–H groups in total. The molecule has 0 rings (SSSR count). The molecule has 0 aromatic carbocycles. The Balaban J connectivity index is 3.02. The summed E-state index contributed by atoms with van der Waals surface area (Å²) in [6, 6.07) is 0. The van der Waals surface area contributed by atoms with Gasteiger partial charge in [0.25, 0.3) is 0 Å². The summed E-state index contributed by atoms with van der Waals surface area (Å²) in [4.78, 5) is 0. The monoisotopic (exact) mass is 192 g/mol. The van der Waals surface area contributed by atoms with E-state index in [0.29, 0.717) is 6.61 Å². The van der Waals surface area contributed by atoms with Crippen LogP contribution < -0.4 is 0 Å². The maximum absolute atomic E-state index is 8.61. The molecule has 0 aliphatic heterocycles. The Morgan fingerprint density at radius 1 is 1.08 bits per heavy atom. The van der Waals surface area contributed by atoms with E-state index in [-0.39, 0.29) is 0 Å². The van der Waals surface area contributed by atoms with Gasteiger partial charge in [0.05, 0.1) is 0 Å². The Bertz CT molecular complexity index is 85.9. The van der Waals surface area contributed by atoms with Crippen LogP contribution in [-0.2, 0) is 0 Å². The summed E-state index contributed by atoms with van der Waals surface area (Å²) in [6.45, 7) is 2.60. The van der Waals surface area contributed by atoms with Crippen molar-refractivity contribution in [3.05, 3.63) is 0 Å². The molecule has 74 valence electrons. The summed E-state index contributed by atoms with van der Waals surface area (Å²) in [5.74, 6) is 1.57. The van der Waals surface area contributed by atoms with Crippen LogP contribution in [0.2, 0.25) is 0 Å². The summed E-state index contributed by atoms with van der Waals surface area (Å²) in [5.41, 5.74) is 0. The fourth-order valence-corrected chi connectivity index (χ4v) is 1.54. The smallest absolute Gasteiger partial charge is 0.0431 e. The van der Waals surface area contributed by atoms with Crippen LogP contribution in [0.15, 0.2) is 0 Å². The van der Waals surface area contributed by atoms with Crippen LogP contribution in [-0.4, -0.2) is 17.6 Å². The van der Waals surface area contributed by atoms with Crippen molar-refractivity contribution in [2.45, 2.75) is 45.4 Å². The van der Waals surface area contributed by atoms with E-state index in [9.17, 15) is 0 Å². The van der Waals surface area contributed by atoms with Crippen LogP contribution >= 0.6 is 11.6 Å². The van der Waals surface area contributed by atoms with Gasteiger partial charge >= 0.3 is 0 Å². The summed E-state index contributed by atoms with van der Waals surface area (Å²) in [7, 11) is 0. The highest BCUT2D eigenvalue weighted by Gasteiger charge is 2.00. The van der Waals surface area contributed by atoms with Crippen molar-refractivity contribution < 1.29 is 5.11 Å². The molecule has 1 unspecified atom stereocenters. The van der Waals surface area contributed by atoms with Gasteiger partial charge < -0.3 is 5.11 Å². The number of alkyl halides is 1. The van der Waals surface area contributed by atoms with E-state index >= 15 is 0 Å². The first-order chi connectivity index (χ1) is 5.81. The van der Waals surface area contributed by atoms with Crippen molar-refractivity contribution in [3.63, 3.8) is 0 Å². The zero-order valence-corrected chi connectivity index (χ0v) is 8.82. The number of halogens is 1. The average Bonchev–Trinajstić information content (AvgIpc) is 2.09. The fraction of sp³-hybridized carbons (Fsp3) is 1.00. The molecular formula is C10H21ClO. The summed E-state index contributed by atoms with van der Waals surface area (Å²) in [5, 5.41) is 8.61. The highest BCUT2D eigenvalue weighted by Crippen LogP contribution is 2.14. The van der Waals surface area contributed by atoms with Gasteiger partial charge in [-0.2, -0.15) is 0 Å². The van der Waals surface area contributed by atoms with Gasteiger partial charge in [-0.3, -0.25) is 0 Å². The second kappa shape index (κ2) is 9.34. The Kier molecular flexibility index (Phi) is 9.53. The Labute approximate surface area is 81.1 Å². The number of hydrogen-bond donors (Lipinski definition) is 1. The summed E-state index contributed by atoms with van der Waals surface area (Å²) in [6.07, 6.45) is 7.10. The minimum Gasteiger partial charge on any atom is -0.396 e. The topological polar surface area (TPSA) is 20.2 Å². The molecule has 0 saturated carbocycles. The van der Waals surface area contributed by atoms with E-state index in [4.69, 9.17) is 16.7 Å². The molecule has 0 radical (unpaired) electrons. The van der Waals surface area contributed by atoms with Gasteiger partial charge in [-0.1, -0.05) is 26.2 Å². The van der Waals surface area contributed by atoms with Crippen molar-refractivity contribution in [1.29, 1.82) is 0 Å². The molecule has 12 heavy (non-hydrogen) atoms. The van der Waals surface area contributed by atoms with E-state index in [1.165, 1.54) is 19.3 Å². The molecule has 0 fully saturated rings. The zero-order chi connectivity index (χ0) is 9.23. The zero-order valence-electron chi connectivity index (χ0n) is 8.06. The van der Waals surface area contributed by atoms with Crippen molar-refractivity contribution in [3.8, 4) is 0 Å². The first-order valence-corrected chi connectivity index (χ1v) is 5.51. The van der Waals surface area contributed by atoms with Crippen LogP contribution in [0.4, 0.5) is 0 Å². The molecule has 1 nitrogen and oxygen atoms in total. The highest BCUT2D eigenvalue weighted by atomic mass is 35.5. The molecule has 0 aromatic rings. The van der Waals surface area contributed by atoms with Gasteiger partial charge in [0.2, 0.25) is 0 Å². The van der Waals surface area contributed by atoms with Crippen LogP contribution in [0.3, 0.4) is 0 Å². The van der Waals surface area contributed by atoms with Crippen molar-refractivity contribution in [1.82, 2.24) is 0 Å². The lowest BCUT2D eigenvalue weighted by molar-refractivity contribution is 0.271. The third-order valence-corrected chi connectivity index (χ3v) is 2.45. The van der Waals surface area contributed by atoms with E-state index in [1.54, 1.807) is 0 Å². The lowest BCUT2D eigenvalue weighted by Gasteiger charge is -2.09. The number of rotatable bonds is 8. The van der Waals surface area contributed by atoms with Crippen LogP contribution in [0, 0.1) is 5.92 Å². The van der Waals surface area contributed by atoms with Gasteiger partial charge in [-0.15, -0.1) is 11.6 Å². The fourth-order valence-electron chi connectivity index (χ4n) is 1.35. The molecule has 0 heterocycles. The van der Waals surface area contributed by atoms with Gasteiger partial charge in [-0.25, -0.2) is 0 Å². The third-order valence-electron chi connectivity index (χ3n) is 2.19. The van der Waals surface area contributed by atoms with E-state index in [2.05, 4.69) is 6.92 Å². The molecule has 0 saturated heterocycles. The molecular weight excluding hydrogens is 172 g/mol. The van der Waals surface area contributed by atoms with Crippen LogP contribution in [0.1, 0.15) is 45.4 Å². The molecule has 0 aromatic heterocycles. The largest absolute Gasteiger partial charge is 0.396 e. The summed E-state index contributed by atoms with van der Waals surface area (Å²) >= 11 is 5.57. The Morgan fingerprint density at radius 3 is 2.33 bits per heavy atom. The van der Waals surface area contributed by atoms with E-state index in [1.807, 2.05) is 0 Å². The Hall–Kier alpha value is 0.250. The second-order valence-corrected chi connectivity index (χ2v) is 3.89. The minimum absolute atomic E-state index is 0.339. The number of unbranched alkanes of at least 4 members (excludes halogenated alkanes) is 2. The first-order valence-electron chi connectivity index (χ1n) is 4.98. The van der Waals surface area contributed by atoms with Gasteiger partial charge in [0, 0.05) is 12.5 Å². The number of aliphatic hydroxyl groups excluding tert-OH is 1. The number of hydrogen-bond acceptors (Lipinski definition) is 1. The van der Waals surface area contributed by atoms with Gasteiger partial charge in [-0.05, 0) is 25.2 Å². The molecule has 0 aliphatic rings. The standard InChI is InChI=1S/C10H21ClO/c1-10(7-5-9-12)6-3-2-4-8-11/h10,12H,2-9H2,1H3. The molecule has 0 aliphatic carbocycles. The lowest BCUT2D eigenvalue weighted by atomic mass is 9.99. The van der Waals surface area contributed by atoms with Crippen molar-refractivity contribution in [2.24, 2.45) is 5.92 Å². The maximum Gasteiger partial charge on any atom is 0.0431 e. The molecule has 0 spiro atoms. The molecule has 1 atom stereocenters. The predicted molar refractivity (Wildman–Crippen MR) is 54.7 cm³/mol. The van der Waals surface area contributed by atoms with Gasteiger partial charge in [0.1, 0.15) is 0 Å². The van der Waals surface area contributed by atoms with Crippen LogP contribution in [0.25, 0.3) is 0 Å². The Morgan fingerprint density at radius 2 is 1.75 bits per heavy atom. The summed E-state index contributed by atoms with van der Waals surface area (Å²) < 4.78 is 0. The second-order valence-electron chi connectivity index (χ2n) is 3.51. The normalized spacial score (nSPS) is 13.2. The van der Waals surface area contributed by atoms with Crippen molar-refractivity contribution in [2.75, 3.05) is 12.5 Å². The first kappa shape index (κ1) is 12.2. The molecule has 2 heteroatoms. The van der Waals surface area contributed by atoms with Crippen LogP contribution in [0.5, 0.6) is 0 Å². The minimum atomic E-state index is 0.339. The van der Waals surface area contributed by atoms with E-state index < -0.39 is 0 Å². The van der Waals surface area contributed by atoms with Gasteiger partial charge in [0.15, 0.2) is 0 Å². The third kappa shape index (κ3) is 8.35. The average molecular weight is 193 g/mol. The molecule has 0 bridgehead atoms. The SMILES string of the molecule is CC(CCCO)CCCCCCl. The predicted octanol–water partition coefficient (Wildman–Crippen LogP) is 3.19. The van der Waals surface area contributed by atoms with E-state index in [0.717, 1.165) is 31.1 Å².